The van der Waals surface area contributed by atoms with E-state index in [1.807, 2.05) is 18.7 Å². The Morgan fingerprint density at radius 1 is 1.11 bits per heavy atom. The van der Waals surface area contributed by atoms with Crippen molar-refractivity contribution in [3.8, 4) is 6.07 Å². The van der Waals surface area contributed by atoms with Crippen LogP contribution in [0.4, 0.5) is 0 Å². The second-order valence-corrected chi connectivity index (χ2v) is 12.6. The number of nitrogens with one attached hydrogen (secondary N) is 3. The Hall–Kier alpha value is -1.63. The summed E-state index contributed by atoms with van der Waals surface area (Å²) in [6.07, 6.45) is 10.7. The van der Waals surface area contributed by atoms with Crippen molar-refractivity contribution in [1.29, 1.82) is 5.26 Å². The molecule has 1 saturated heterocycles. The molecule has 0 spiro atoms. The van der Waals surface area contributed by atoms with Crippen molar-refractivity contribution in [1.82, 2.24) is 16.0 Å². The van der Waals surface area contributed by atoms with Gasteiger partial charge in [0.15, 0.2) is 0 Å². The van der Waals surface area contributed by atoms with Crippen molar-refractivity contribution in [2.45, 2.75) is 89.3 Å². The van der Waals surface area contributed by atoms with E-state index < -0.39 is 0 Å². The van der Waals surface area contributed by atoms with E-state index >= 15 is 0 Å². The van der Waals surface area contributed by atoms with Crippen LogP contribution in [0.15, 0.2) is 21.9 Å². The number of rotatable bonds is 8. The van der Waals surface area contributed by atoms with Crippen molar-refractivity contribution >= 4 is 35.3 Å². The zero-order valence-corrected chi connectivity index (χ0v) is 23.2. The topological polar surface area (TPSA) is 103 Å². The quantitative estimate of drug-likeness (QED) is 0.430. The van der Waals surface area contributed by atoms with Gasteiger partial charge in [-0.1, -0.05) is 31.0 Å². The molecule has 2 aliphatic heterocycles. The molecule has 2 amide bonds. The van der Waals surface area contributed by atoms with Gasteiger partial charge in [0.2, 0.25) is 11.8 Å². The van der Waals surface area contributed by atoms with Gasteiger partial charge in [-0.05, 0) is 69.3 Å². The molecule has 0 radical (unpaired) electrons. The average Bonchev–Trinajstić information content (AvgIpc) is 3.42. The van der Waals surface area contributed by atoms with Gasteiger partial charge >= 0.3 is 0 Å². The van der Waals surface area contributed by atoms with E-state index in [9.17, 15) is 14.9 Å². The monoisotopic (exact) mass is 532 g/mol. The molecule has 3 N–H and O–H groups in total. The van der Waals surface area contributed by atoms with Gasteiger partial charge < -0.3 is 20.7 Å². The molecule has 198 valence electrons. The molecular formula is C27H40N4O3S2. The number of thioether (sulfide) groups is 2. The van der Waals surface area contributed by atoms with Crippen LogP contribution >= 0.6 is 23.5 Å². The summed E-state index contributed by atoms with van der Waals surface area (Å²) < 4.78 is 5.49. The summed E-state index contributed by atoms with van der Waals surface area (Å²) in [4.78, 5) is 26.3. The molecule has 0 aromatic rings. The minimum absolute atomic E-state index is 0.0243. The van der Waals surface area contributed by atoms with Gasteiger partial charge in [0.05, 0.1) is 28.5 Å². The number of dihydropyridines is 1. The van der Waals surface area contributed by atoms with Crippen LogP contribution in [0.5, 0.6) is 0 Å². The highest BCUT2D eigenvalue weighted by atomic mass is 32.2. The van der Waals surface area contributed by atoms with Gasteiger partial charge in [0, 0.05) is 36.4 Å². The molecule has 2 saturated carbocycles. The fourth-order valence-corrected chi connectivity index (χ4v) is 8.27. The van der Waals surface area contributed by atoms with Crippen LogP contribution in [0.2, 0.25) is 0 Å². The third-order valence-corrected chi connectivity index (χ3v) is 10.2. The molecule has 4 rings (SSSR count). The standard InChI is InChI=1S/C27H40N4O3S2/c1-17-24(26(33)31-19-7-4-3-5-8-19)25(18-11-12-35-15-18)22(14-28)27(29-17)36-16-23(32)30-20-9-6-10-21(13-20)34-2/h18-21,25,29H,3-13,15-16H2,1-2H3,(H,30,32)(H,31,33). The minimum Gasteiger partial charge on any atom is -0.381 e. The molecule has 0 aromatic heterocycles. The number of carbonyl (C=O) groups excluding carboxylic acids is 2. The Kier molecular flexibility index (Phi) is 10.1. The Labute approximate surface area is 224 Å². The van der Waals surface area contributed by atoms with E-state index in [1.54, 1.807) is 7.11 Å². The maximum Gasteiger partial charge on any atom is 0.249 e. The number of hydrogen-bond acceptors (Lipinski definition) is 7. The van der Waals surface area contributed by atoms with E-state index in [2.05, 4.69) is 22.0 Å². The lowest BCUT2D eigenvalue weighted by Gasteiger charge is -2.34. The fourth-order valence-electron chi connectivity index (χ4n) is 6.06. The lowest BCUT2D eigenvalue weighted by Crippen LogP contribution is -2.43. The normalized spacial score (nSPS) is 29.5. The molecule has 3 fully saturated rings. The SMILES string of the molecule is COC1CCCC(NC(=O)CSC2=C(C#N)C(C3CCSC3)C(C(=O)NC3CCCCC3)=C(C)N2)C1. The van der Waals surface area contributed by atoms with Crippen LogP contribution in [0.3, 0.4) is 0 Å². The Morgan fingerprint density at radius 3 is 2.58 bits per heavy atom. The smallest absolute Gasteiger partial charge is 0.249 e. The molecule has 4 unspecified atom stereocenters. The van der Waals surface area contributed by atoms with E-state index in [0.717, 1.165) is 80.0 Å². The lowest BCUT2D eigenvalue weighted by atomic mass is 9.77. The van der Waals surface area contributed by atoms with Gasteiger partial charge in [-0.2, -0.15) is 17.0 Å². The van der Waals surface area contributed by atoms with E-state index in [4.69, 9.17) is 4.74 Å². The van der Waals surface area contributed by atoms with Gasteiger partial charge in [-0.25, -0.2) is 0 Å². The Bertz CT molecular complexity index is 916. The number of allylic oxidation sites excluding steroid dienone is 2. The first-order valence-electron chi connectivity index (χ1n) is 13.5. The van der Waals surface area contributed by atoms with E-state index in [1.165, 1.54) is 18.2 Å². The first kappa shape index (κ1) is 27.4. The predicted molar refractivity (Wildman–Crippen MR) is 146 cm³/mol. The highest BCUT2D eigenvalue weighted by molar-refractivity contribution is 8.03. The predicted octanol–water partition coefficient (Wildman–Crippen LogP) is 4.22. The van der Waals surface area contributed by atoms with Crippen molar-refractivity contribution in [3.05, 3.63) is 21.9 Å². The van der Waals surface area contributed by atoms with Gasteiger partial charge in [0.1, 0.15) is 0 Å². The van der Waals surface area contributed by atoms with Crippen molar-refractivity contribution in [3.63, 3.8) is 0 Å². The van der Waals surface area contributed by atoms with Crippen molar-refractivity contribution < 1.29 is 14.3 Å². The maximum atomic E-state index is 13.5. The number of ether oxygens (including phenoxy) is 1. The molecule has 9 heteroatoms. The van der Waals surface area contributed by atoms with Crippen LogP contribution < -0.4 is 16.0 Å². The number of amides is 2. The second-order valence-electron chi connectivity index (χ2n) is 10.5. The molecule has 2 aliphatic carbocycles. The molecule has 0 aromatic carbocycles. The van der Waals surface area contributed by atoms with E-state index in [-0.39, 0.29) is 47.6 Å². The zero-order valence-electron chi connectivity index (χ0n) is 21.6. The van der Waals surface area contributed by atoms with Crippen molar-refractivity contribution in [2.24, 2.45) is 11.8 Å². The van der Waals surface area contributed by atoms with Crippen LogP contribution in [-0.4, -0.2) is 54.4 Å². The molecule has 36 heavy (non-hydrogen) atoms. The Balaban J connectivity index is 1.46. The van der Waals surface area contributed by atoms with Gasteiger partial charge in [-0.3, -0.25) is 9.59 Å². The summed E-state index contributed by atoms with van der Waals surface area (Å²) >= 11 is 3.27. The average molecular weight is 533 g/mol. The summed E-state index contributed by atoms with van der Waals surface area (Å²) in [6, 6.07) is 2.79. The summed E-state index contributed by atoms with van der Waals surface area (Å²) in [5.41, 5.74) is 2.13. The van der Waals surface area contributed by atoms with Crippen LogP contribution in [0.25, 0.3) is 0 Å². The fraction of sp³-hybridized carbons (Fsp3) is 0.741. The van der Waals surface area contributed by atoms with Gasteiger partial charge in [0.25, 0.3) is 0 Å². The van der Waals surface area contributed by atoms with E-state index in [0.29, 0.717) is 11.1 Å². The lowest BCUT2D eigenvalue weighted by molar-refractivity contribution is -0.120. The van der Waals surface area contributed by atoms with Crippen LogP contribution in [0.1, 0.15) is 71.1 Å². The molecule has 0 bridgehead atoms. The first-order valence-corrected chi connectivity index (χ1v) is 15.6. The zero-order chi connectivity index (χ0) is 25.5. The first-order chi connectivity index (χ1) is 17.5. The number of nitriles is 1. The third kappa shape index (κ3) is 6.81. The maximum absolute atomic E-state index is 13.5. The summed E-state index contributed by atoms with van der Waals surface area (Å²) in [5, 5.41) is 20.7. The summed E-state index contributed by atoms with van der Waals surface area (Å²) in [7, 11) is 1.73. The second kappa shape index (κ2) is 13.3. The highest BCUT2D eigenvalue weighted by Gasteiger charge is 2.40. The molecule has 4 atom stereocenters. The van der Waals surface area contributed by atoms with Crippen molar-refractivity contribution in [2.75, 3.05) is 24.4 Å². The highest BCUT2D eigenvalue weighted by Crippen LogP contribution is 2.43. The number of nitrogens with zero attached hydrogens (tertiary/aromatic N) is 1. The minimum atomic E-state index is -0.221. The molecule has 2 heterocycles. The van der Waals surface area contributed by atoms with Crippen LogP contribution in [-0.2, 0) is 14.3 Å². The van der Waals surface area contributed by atoms with Crippen LogP contribution in [0, 0.1) is 23.2 Å². The molecule has 7 nitrogen and oxygen atoms in total. The largest absolute Gasteiger partial charge is 0.381 e. The third-order valence-electron chi connectivity index (χ3n) is 7.99. The number of hydrogen-bond donors (Lipinski definition) is 3. The molecule has 4 aliphatic rings. The summed E-state index contributed by atoms with van der Waals surface area (Å²) in [5.74, 6) is 2.22. The Morgan fingerprint density at radius 2 is 1.89 bits per heavy atom. The number of methoxy groups -OCH3 is 1. The molecular weight excluding hydrogens is 492 g/mol. The van der Waals surface area contributed by atoms with Gasteiger partial charge in [-0.15, -0.1) is 0 Å². The number of carbonyl (C=O) groups is 2. The summed E-state index contributed by atoms with van der Waals surface area (Å²) in [6.45, 7) is 1.94.